The van der Waals surface area contributed by atoms with Crippen molar-refractivity contribution >= 4 is 15.9 Å². The fraction of sp³-hybridized carbons (Fsp3) is 0.368. The van der Waals surface area contributed by atoms with Crippen LogP contribution in [-0.2, 0) is 5.41 Å². The standard InChI is InChI=1S/C19H22BrF/c1-5-19(3,4)15-9-7-14(8-10-15)18(20)16-12-13(2)6-11-17(16)21/h6-12,18H,5H2,1-4H3. The van der Waals surface area contributed by atoms with Gasteiger partial charge in [-0.1, -0.05) is 78.7 Å². The molecular formula is C19H22BrF. The van der Waals surface area contributed by atoms with Gasteiger partial charge in [-0.2, -0.15) is 0 Å². The maximum atomic E-state index is 14.0. The lowest BCUT2D eigenvalue weighted by Gasteiger charge is -2.24. The molecule has 0 bridgehead atoms. The van der Waals surface area contributed by atoms with Crippen LogP contribution in [0, 0.1) is 12.7 Å². The zero-order valence-corrected chi connectivity index (χ0v) is 14.7. The number of benzene rings is 2. The zero-order valence-electron chi connectivity index (χ0n) is 13.1. The van der Waals surface area contributed by atoms with Crippen LogP contribution in [0.4, 0.5) is 4.39 Å². The Morgan fingerprint density at radius 2 is 1.71 bits per heavy atom. The average molecular weight is 349 g/mol. The quantitative estimate of drug-likeness (QED) is 0.568. The number of aryl methyl sites for hydroxylation is 1. The molecule has 2 aromatic carbocycles. The highest BCUT2D eigenvalue weighted by Crippen LogP contribution is 2.34. The van der Waals surface area contributed by atoms with Crippen LogP contribution < -0.4 is 0 Å². The van der Waals surface area contributed by atoms with Crippen LogP contribution in [-0.4, -0.2) is 0 Å². The molecular weight excluding hydrogens is 327 g/mol. The van der Waals surface area contributed by atoms with Gasteiger partial charge in [-0.15, -0.1) is 0 Å². The number of hydrogen-bond donors (Lipinski definition) is 0. The third-order valence-corrected chi connectivity index (χ3v) is 5.32. The Bertz CT molecular complexity index is 614. The molecule has 0 heterocycles. The number of rotatable bonds is 4. The van der Waals surface area contributed by atoms with Gasteiger partial charge in [0.1, 0.15) is 5.82 Å². The largest absolute Gasteiger partial charge is 0.207 e. The van der Waals surface area contributed by atoms with Crippen molar-refractivity contribution in [1.29, 1.82) is 0 Å². The summed E-state index contributed by atoms with van der Waals surface area (Å²) in [6.45, 7) is 8.67. The summed E-state index contributed by atoms with van der Waals surface area (Å²) in [5.41, 5.74) is 4.33. The summed E-state index contributed by atoms with van der Waals surface area (Å²) in [5, 5.41) is 0. The first-order valence-electron chi connectivity index (χ1n) is 7.35. The van der Waals surface area contributed by atoms with Crippen LogP contribution in [0.25, 0.3) is 0 Å². The third kappa shape index (κ3) is 3.55. The average Bonchev–Trinajstić information content (AvgIpc) is 2.49. The SMILES string of the molecule is CCC(C)(C)c1ccc(C(Br)c2cc(C)ccc2F)cc1. The third-order valence-electron chi connectivity index (χ3n) is 4.29. The molecule has 0 nitrogen and oxygen atoms in total. The molecule has 0 aliphatic heterocycles. The van der Waals surface area contributed by atoms with Crippen molar-refractivity contribution in [1.82, 2.24) is 0 Å². The fourth-order valence-electron chi connectivity index (χ4n) is 2.34. The first kappa shape index (κ1) is 16.2. The van der Waals surface area contributed by atoms with Crippen molar-refractivity contribution in [2.75, 3.05) is 0 Å². The molecule has 0 saturated heterocycles. The number of halogens is 2. The number of alkyl halides is 1. The van der Waals surface area contributed by atoms with Crippen LogP contribution in [0.5, 0.6) is 0 Å². The second-order valence-corrected chi connectivity index (χ2v) is 7.16. The van der Waals surface area contributed by atoms with Crippen LogP contribution in [0.2, 0.25) is 0 Å². The van der Waals surface area contributed by atoms with E-state index in [1.807, 2.05) is 13.0 Å². The summed E-state index contributed by atoms with van der Waals surface area (Å²) >= 11 is 3.63. The molecule has 1 atom stereocenters. The molecule has 0 spiro atoms. The van der Waals surface area contributed by atoms with Gasteiger partial charge in [-0.3, -0.25) is 0 Å². The minimum atomic E-state index is -0.166. The summed E-state index contributed by atoms with van der Waals surface area (Å²) < 4.78 is 14.0. The van der Waals surface area contributed by atoms with Gasteiger partial charge in [0.15, 0.2) is 0 Å². The first-order chi connectivity index (χ1) is 9.85. The van der Waals surface area contributed by atoms with Crippen molar-refractivity contribution in [3.63, 3.8) is 0 Å². The van der Waals surface area contributed by atoms with Gasteiger partial charge < -0.3 is 0 Å². The molecule has 21 heavy (non-hydrogen) atoms. The Hall–Kier alpha value is -1.15. The molecule has 0 aromatic heterocycles. The maximum Gasteiger partial charge on any atom is 0.127 e. The second-order valence-electron chi connectivity index (χ2n) is 6.25. The first-order valence-corrected chi connectivity index (χ1v) is 8.27. The van der Waals surface area contributed by atoms with Crippen molar-refractivity contribution in [2.45, 2.75) is 44.4 Å². The Labute approximate surface area is 135 Å². The van der Waals surface area contributed by atoms with Crippen LogP contribution >= 0.6 is 15.9 Å². The van der Waals surface area contributed by atoms with Crippen molar-refractivity contribution in [3.8, 4) is 0 Å². The van der Waals surface area contributed by atoms with E-state index in [4.69, 9.17) is 0 Å². The van der Waals surface area contributed by atoms with Gasteiger partial charge in [0.2, 0.25) is 0 Å². The van der Waals surface area contributed by atoms with E-state index in [1.165, 1.54) is 11.6 Å². The molecule has 0 amide bonds. The van der Waals surface area contributed by atoms with Crippen molar-refractivity contribution in [2.24, 2.45) is 0 Å². The monoisotopic (exact) mass is 348 g/mol. The van der Waals surface area contributed by atoms with Gasteiger partial charge >= 0.3 is 0 Å². The molecule has 0 radical (unpaired) electrons. The Morgan fingerprint density at radius 1 is 1.10 bits per heavy atom. The van der Waals surface area contributed by atoms with Crippen LogP contribution in [0.15, 0.2) is 42.5 Å². The van der Waals surface area contributed by atoms with Crippen LogP contribution in [0.3, 0.4) is 0 Å². The highest BCUT2D eigenvalue weighted by molar-refractivity contribution is 9.09. The van der Waals surface area contributed by atoms with E-state index in [2.05, 4.69) is 61.0 Å². The maximum absolute atomic E-state index is 14.0. The molecule has 0 aliphatic rings. The van der Waals surface area contributed by atoms with Gasteiger partial charge in [-0.25, -0.2) is 4.39 Å². The Morgan fingerprint density at radius 3 is 2.29 bits per heavy atom. The minimum Gasteiger partial charge on any atom is -0.207 e. The molecule has 112 valence electrons. The molecule has 2 heteroatoms. The van der Waals surface area contributed by atoms with E-state index < -0.39 is 0 Å². The van der Waals surface area contributed by atoms with Gasteiger partial charge in [0.05, 0.1) is 4.83 Å². The molecule has 0 fully saturated rings. The van der Waals surface area contributed by atoms with E-state index in [0.29, 0.717) is 5.56 Å². The van der Waals surface area contributed by atoms with E-state index in [9.17, 15) is 4.39 Å². The predicted octanol–water partition coefficient (Wildman–Crippen LogP) is 6.31. The summed E-state index contributed by atoms with van der Waals surface area (Å²) in [5.74, 6) is -0.166. The summed E-state index contributed by atoms with van der Waals surface area (Å²) in [6, 6.07) is 13.7. The van der Waals surface area contributed by atoms with E-state index >= 15 is 0 Å². The highest BCUT2D eigenvalue weighted by Gasteiger charge is 2.19. The lowest BCUT2D eigenvalue weighted by molar-refractivity contribution is 0.506. The number of hydrogen-bond acceptors (Lipinski definition) is 0. The minimum absolute atomic E-state index is 0.115. The van der Waals surface area contributed by atoms with Gasteiger partial charge in [-0.05, 0) is 36.0 Å². The Balaban J connectivity index is 2.32. The van der Waals surface area contributed by atoms with E-state index in [0.717, 1.165) is 17.5 Å². The second kappa shape index (κ2) is 6.31. The normalized spacial score (nSPS) is 13.2. The highest BCUT2D eigenvalue weighted by atomic mass is 79.9. The van der Waals surface area contributed by atoms with Gasteiger partial charge in [0, 0.05) is 5.56 Å². The smallest absolute Gasteiger partial charge is 0.127 e. The zero-order chi connectivity index (χ0) is 15.6. The topological polar surface area (TPSA) is 0 Å². The molecule has 2 rings (SSSR count). The molecule has 0 aliphatic carbocycles. The fourth-order valence-corrected chi connectivity index (χ4v) is 3.00. The molecule has 0 saturated carbocycles. The molecule has 1 unspecified atom stereocenters. The molecule has 2 aromatic rings. The van der Waals surface area contributed by atoms with Crippen LogP contribution in [0.1, 0.15) is 54.3 Å². The lowest BCUT2D eigenvalue weighted by atomic mass is 9.82. The van der Waals surface area contributed by atoms with Crippen molar-refractivity contribution < 1.29 is 4.39 Å². The predicted molar refractivity (Wildman–Crippen MR) is 91.7 cm³/mol. The summed E-state index contributed by atoms with van der Waals surface area (Å²) in [7, 11) is 0. The Kier molecular flexibility index (Phi) is 4.88. The lowest BCUT2D eigenvalue weighted by Crippen LogP contribution is -2.15. The summed E-state index contributed by atoms with van der Waals surface area (Å²) in [4.78, 5) is -0.115. The molecule has 0 N–H and O–H groups in total. The van der Waals surface area contributed by atoms with Gasteiger partial charge in [0.25, 0.3) is 0 Å². The van der Waals surface area contributed by atoms with E-state index in [1.54, 1.807) is 6.07 Å². The van der Waals surface area contributed by atoms with E-state index in [-0.39, 0.29) is 16.1 Å². The summed E-state index contributed by atoms with van der Waals surface area (Å²) in [6.07, 6.45) is 1.09. The van der Waals surface area contributed by atoms with Crippen molar-refractivity contribution in [3.05, 3.63) is 70.5 Å².